The second-order valence-electron chi connectivity index (χ2n) is 4.66. The summed E-state index contributed by atoms with van der Waals surface area (Å²) in [4.78, 5) is 4.38. The quantitative estimate of drug-likeness (QED) is 0.829. The highest BCUT2D eigenvalue weighted by Crippen LogP contribution is 2.19. The molecule has 2 heterocycles. The minimum atomic E-state index is 0.241. The number of rotatable bonds is 3. The Morgan fingerprint density at radius 3 is 3.11 bits per heavy atom. The number of fused-ring (bicyclic) bond motifs is 1. The summed E-state index contributed by atoms with van der Waals surface area (Å²) in [5.41, 5.74) is 0.999. The Balaban J connectivity index is 1.66. The van der Waals surface area contributed by atoms with Gasteiger partial charge in [0, 0.05) is 12.0 Å². The normalized spacial score (nSPS) is 19.9. The van der Waals surface area contributed by atoms with Crippen molar-refractivity contribution in [2.45, 2.75) is 25.4 Å². The third-order valence-electron chi connectivity index (χ3n) is 3.28. The molecule has 0 radical (unpaired) electrons. The molecule has 0 aliphatic carbocycles. The number of aromatic nitrogens is 1. The third-order valence-corrected chi connectivity index (χ3v) is 3.28. The molecule has 0 amide bonds. The van der Waals surface area contributed by atoms with Gasteiger partial charge in [-0.25, -0.2) is 0 Å². The average molecular weight is 243 g/mol. The zero-order chi connectivity index (χ0) is 12.2. The van der Waals surface area contributed by atoms with Gasteiger partial charge in [0.1, 0.15) is 12.4 Å². The van der Waals surface area contributed by atoms with Gasteiger partial charge in [0.25, 0.3) is 0 Å². The van der Waals surface area contributed by atoms with Crippen molar-refractivity contribution in [1.82, 2.24) is 4.98 Å². The SMILES string of the molecule is c1ccc2ncc(OCC3CCCCO3)cc2c1. The highest BCUT2D eigenvalue weighted by molar-refractivity contribution is 5.79. The molecule has 0 spiro atoms. The largest absolute Gasteiger partial charge is 0.489 e. The van der Waals surface area contributed by atoms with Gasteiger partial charge in [-0.2, -0.15) is 0 Å². The Kier molecular flexibility index (Phi) is 3.42. The maximum Gasteiger partial charge on any atom is 0.138 e. The van der Waals surface area contributed by atoms with Gasteiger partial charge in [0.15, 0.2) is 0 Å². The monoisotopic (exact) mass is 243 g/mol. The van der Waals surface area contributed by atoms with E-state index in [0.29, 0.717) is 6.61 Å². The number of nitrogens with zero attached hydrogens (tertiary/aromatic N) is 1. The summed E-state index contributed by atoms with van der Waals surface area (Å²) in [5, 5.41) is 1.11. The summed E-state index contributed by atoms with van der Waals surface area (Å²) in [6.07, 6.45) is 5.54. The molecule has 1 saturated heterocycles. The van der Waals surface area contributed by atoms with E-state index in [4.69, 9.17) is 9.47 Å². The Morgan fingerprint density at radius 2 is 2.22 bits per heavy atom. The predicted octanol–water partition coefficient (Wildman–Crippen LogP) is 3.18. The number of ether oxygens (including phenoxy) is 2. The van der Waals surface area contributed by atoms with Crippen molar-refractivity contribution in [2.24, 2.45) is 0 Å². The fourth-order valence-electron chi connectivity index (χ4n) is 2.26. The van der Waals surface area contributed by atoms with Crippen LogP contribution in [-0.4, -0.2) is 24.3 Å². The van der Waals surface area contributed by atoms with Crippen molar-refractivity contribution >= 4 is 10.9 Å². The second kappa shape index (κ2) is 5.36. The maximum atomic E-state index is 5.77. The fourth-order valence-corrected chi connectivity index (χ4v) is 2.26. The van der Waals surface area contributed by atoms with Gasteiger partial charge in [0.2, 0.25) is 0 Å². The molecule has 1 atom stereocenters. The van der Waals surface area contributed by atoms with Gasteiger partial charge in [-0.1, -0.05) is 18.2 Å². The standard InChI is InChI=1S/C15H17NO2/c1-2-7-15-12(5-1)9-14(10-16-15)18-11-13-6-3-4-8-17-13/h1-2,5,7,9-10,13H,3-4,6,8,11H2. The molecule has 1 fully saturated rings. The van der Waals surface area contributed by atoms with E-state index < -0.39 is 0 Å². The number of pyridine rings is 1. The van der Waals surface area contributed by atoms with Crippen molar-refractivity contribution in [1.29, 1.82) is 0 Å². The molecule has 1 aromatic heterocycles. The summed E-state index contributed by atoms with van der Waals surface area (Å²) in [6.45, 7) is 1.49. The molecule has 3 nitrogen and oxygen atoms in total. The van der Waals surface area contributed by atoms with Crippen LogP contribution >= 0.6 is 0 Å². The third kappa shape index (κ3) is 2.62. The average Bonchev–Trinajstić information content (AvgIpc) is 2.46. The Bertz CT molecular complexity index is 521. The highest BCUT2D eigenvalue weighted by atomic mass is 16.5. The van der Waals surface area contributed by atoms with Crippen LogP contribution in [0.15, 0.2) is 36.5 Å². The van der Waals surface area contributed by atoms with E-state index in [-0.39, 0.29) is 6.10 Å². The Morgan fingerprint density at radius 1 is 1.28 bits per heavy atom. The Labute approximate surface area is 107 Å². The summed E-state index contributed by atoms with van der Waals surface area (Å²) >= 11 is 0. The van der Waals surface area contributed by atoms with Crippen molar-refractivity contribution in [3.05, 3.63) is 36.5 Å². The van der Waals surface area contributed by atoms with Crippen LogP contribution in [0.25, 0.3) is 10.9 Å². The molecule has 0 bridgehead atoms. The smallest absolute Gasteiger partial charge is 0.138 e. The number of hydrogen-bond acceptors (Lipinski definition) is 3. The van der Waals surface area contributed by atoms with E-state index in [1.165, 1.54) is 12.8 Å². The molecule has 1 unspecified atom stereocenters. The molecule has 1 aromatic carbocycles. The van der Waals surface area contributed by atoms with Crippen LogP contribution in [0, 0.1) is 0 Å². The number of hydrogen-bond donors (Lipinski definition) is 0. The first-order valence-electron chi connectivity index (χ1n) is 6.51. The van der Waals surface area contributed by atoms with Gasteiger partial charge < -0.3 is 9.47 Å². The van der Waals surface area contributed by atoms with Gasteiger partial charge in [0.05, 0.1) is 17.8 Å². The molecule has 2 aromatic rings. The first kappa shape index (κ1) is 11.5. The Hall–Kier alpha value is -1.61. The lowest BCUT2D eigenvalue weighted by atomic mass is 10.1. The van der Waals surface area contributed by atoms with Gasteiger partial charge in [-0.15, -0.1) is 0 Å². The molecule has 1 aliphatic rings. The summed E-state index contributed by atoms with van der Waals surface area (Å²) < 4.78 is 11.4. The van der Waals surface area contributed by atoms with Gasteiger partial charge >= 0.3 is 0 Å². The molecular formula is C15H17NO2. The summed E-state index contributed by atoms with van der Waals surface area (Å²) in [5.74, 6) is 0.822. The zero-order valence-corrected chi connectivity index (χ0v) is 10.3. The van der Waals surface area contributed by atoms with Crippen LogP contribution in [0.3, 0.4) is 0 Å². The van der Waals surface area contributed by atoms with E-state index in [2.05, 4.69) is 4.98 Å². The van der Waals surface area contributed by atoms with Crippen molar-refractivity contribution in [3.63, 3.8) is 0 Å². The topological polar surface area (TPSA) is 31.4 Å². The van der Waals surface area contributed by atoms with Crippen LogP contribution < -0.4 is 4.74 Å². The van der Waals surface area contributed by atoms with E-state index in [1.54, 1.807) is 6.20 Å². The predicted molar refractivity (Wildman–Crippen MR) is 70.8 cm³/mol. The summed E-state index contributed by atoms with van der Waals surface area (Å²) in [7, 11) is 0. The first-order chi connectivity index (χ1) is 8.92. The molecule has 3 rings (SSSR count). The number of benzene rings is 1. The molecule has 1 aliphatic heterocycles. The van der Waals surface area contributed by atoms with Crippen LogP contribution in [0.5, 0.6) is 5.75 Å². The van der Waals surface area contributed by atoms with Crippen LogP contribution in [-0.2, 0) is 4.74 Å². The molecule has 0 saturated carbocycles. The van der Waals surface area contributed by atoms with Gasteiger partial charge in [-0.3, -0.25) is 4.98 Å². The highest BCUT2D eigenvalue weighted by Gasteiger charge is 2.14. The van der Waals surface area contributed by atoms with E-state index in [9.17, 15) is 0 Å². The number of para-hydroxylation sites is 1. The first-order valence-corrected chi connectivity index (χ1v) is 6.51. The molecule has 94 valence electrons. The van der Waals surface area contributed by atoms with E-state index >= 15 is 0 Å². The molecule has 3 heteroatoms. The lowest BCUT2D eigenvalue weighted by Gasteiger charge is -2.22. The van der Waals surface area contributed by atoms with Crippen molar-refractivity contribution in [2.75, 3.05) is 13.2 Å². The van der Waals surface area contributed by atoms with Crippen molar-refractivity contribution in [3.8, 4) is 5.75 Å². The van der Waals surface area contributed by atoms with E-state index in [1.807, 2.05) is 30.3 Å². The minimum absolute atomic E-state index is 0.241. The molecular weight excluding hydrogens is 226 g/mol. The van der Waals surface area contributed by atoms with Gasteiger partial charge in [-0.05, 0) is 31.4 Å². The minimum Gasteiger partial charge on any atom is -0.489 e. The lowest BCUT2D eigenvalue weighted by molar-refractivity contribution is -0.0111. The lowest BCUT2D eigenvalue weighted by Crippen LogP contribution is -2.25. The van der Waals surface area contributed by atoms with Crippen LogP contribution in [0.4, 0.5) is 0 Å². The molecule has 18 heavy (non-hydrogen) atoms. The molecule has 0 N–H and O–H groups in total. The zero-order valence-electron chi connectivity index (χ0n) is 10.3. The van der Waals surface area contributed by atoms with Crippen LogP contribution in [0.1, 0.15) is 19.3 Å². The van der Waals surface area contributed by atoms with E-state index in [0.717, 1.165) is 29.7 Å². The summed E-state index contributed by atoms with van der Waals surface area (Å²) in [6, 6.07) is 10.1. The second-order valence-corrected chi connectivity index (χ2v) is 4.66. The van der Waals surface area contributed by atoms with Crippen LogP contribution in [0.2, 0.25) is 0 Å². The fraction of sp³-hybridized carbons (Fsp3) is 0.400. The maximum absolute atomic E-state index is 5.77. The van der Waals surface area contributed by atoms with Crippen molar-refractivity contribution < 1.29 is 9.47 Å².